The van der Waals surface area contributed by atoms with E-state index in [0.29, 0.717) is 10.7 Å². The van der Waals surface area contributed by atoms with E-state index in [0.717, 1.165) is 19.5 Å². The molecule has 0 spiro atoms. The van der Waals surface area contributed by atoms with Gasteiger partial charge in [0.2, 0.25) is 0 Å². The molecular weight excluding hydrogens is 264 g/mol. The molecular formula is C14H19ClN2O2. The van der Waals surface area contributed by atoms with Crippen LogP contribution < -0.4 is 5.32 Å². The van der Waals surface area contributed by atoms with Crippen LogP contribution in [0.15, 0.2) is 18.2 Å². The Labute approximate surface area is 118 Å². The molecule has 0 saturated carbocycles. The topological polar surface area (TPSA) is 52.6 Å². The Morgan fingerprint density at radius 3 is 2.79 bits per heavy atom. The van der Waals surface area contributed by atoms with Gasteiger partial charge in [-0.3, -0.25) is 0 Å². The molecule has 1 heterocycles. The van der Waals surface area contributed by atoms with Crippen molar-refractivity contribution in [1.82, 2.24) is 4.90 Å². The summed E-state index contributed by atoms with van der Waals surface area (Å²) in [4.78, 5) is 13.5. The second-order valence-corrected chi connectivity index (χ2v) is 5.26. The number of carboxylic acids is 1. The van der Waals surface area contributed by atoms with Gasteiger partial charge in [-0.25, -0.2) is 4.79 Å². The van der Waals surface area contributed by atoms with Crippen LogP contribution in [0.3, 0.4) is 0 Å². The summed E-state index contributed by atoms with van der Waals surface area (Å²) in [6, 6.07) is 4.80. The number of likely N-dealkylation sites (tertiary alicyclic amines) is 1. The normalized spacial score (nSPS) is 15.6. The first-order valence-electron chi connectivity index (χ1n) is 6.66. The molecule has 2 rings (SSSR count). The molecule has 104 valence electrons. The van der Waals surface area contributed by atoms with Crippen LogP contribution in [0.2, 0.25) is 5.02 Å². The third kappa shape index (κ3) is 4.11. The number of hydrogen-bond donors (Lipinski definition) is 2. The van der Waals surface area contributed by atoms with Crippen molar-refractivity contribution in [3.8, 4) is 0 Å². The van der Waals surface area contributed by atoms with Gasteiger partial charge in [-0.1, -0.05) is 11.6 Å². The molecule has 1 fully saturated rings. The van der Waals surface area contributed by atoms with Gasteiger partial charge in [0.25, 0.3) is 0 Å². The Hall–Kier alpha value is -1.26. The summed E-state index contributed by atoms with van der Waals surface area (Å²) in [5.41, 5.74) is 0.868. The van der Waals surface area contributed by atoms with Gasteiger partial charge in [0.1, 0.15) is 0 Å². The van der Waals surface area contributed by atoms with E-state index < -0.39 is 5.97 Å². The molecule has 0 radical (unpaired) electrons. The van der Waals surface area contributed by atoms with Crippen molar-refractivity contribution >= 4 is 23.3 Å². The third-order valence-corrected chi connectivity index (χ3v) is 3.61. The Bertz CT molecular complexity index is 445. The molecule has 1 aliphatic rings. The van der Waals surface area contributed by atoms with Gasteiger partial charge in [-0.2, -0.15) is 0 Å². The van der Waals surface area contributed by atoms with E-state index in [4.69, 9.17) is 16.7 Å². The molecule has 1 aromatic carbocycles. The summed E-state index contributed by atoms with van der Waals surface area (Å²) in [5.74, 6) is -0.932. The second kappa shape index (κ2) is 6.78. The number of carbonyl (C=O) groups is 1. The number of nitrogens with zero attached hydrogens (tertiary/aromatic N) is 1. The SMILES string of the molecule is O=C(O)c1ccc(Cl)cc1NCCCN1CCCC1. The summed E-state index contributed by atoms with van der Waals surface area (Å²) >= 11 is 5.90. The Morgan fingerprint density at radius 2 is 2.11 bits per heavy atom. The largest absolute Gasteiger partial charge is 0.478 e. The van der Waals surface area contributed by atoms with Crippen LogP contribution in [0.4, 0.5) is 5.69 Å². The smallest absolute Gasteiger partial charge is 0.337 e. The van der Waals surface area contributed by atoms with Crippen LogP contribution in [0, 0.1) is 0 Å². The summed E-state index contributed by atoms with van der Waals surface area (Å²) in [6.07, 6.45) is 3.60. The Morgan fingerprint density at radius 1 is 1.37 bits per heavy atom. The maximum atomic E-state index is 11.1. The van der Waals surface area contributed by atoms with E-state index in [1.807, 2.05) is 0 Å². The van der Waals surface area contributed by atoms with E-state index in [-0.39, 0.29) is 5.56 Å². The van der Waals surface area contributed by atoms with Gasteiger partial charge in [0, 0.05) is 11.6 Å². The van der Waals surface area contributed by atoms with Crippen molar-refractivity contribution in [2.75, 3.05) is 31.5 Å². The standard InChI is InChI=1S/C14H19ClN2O2/c15-11-4-5-12(14(18)19)13(10-11)16-6-3-9-17-7-1-2-8-17/h4-5,10,16H,1-3,6-9H2,(H,18,19). The lowest BCUT2D eigenvalue weighted by molar-refractivity contribution is 0.0698. The number of rotatable bonds is 6. The maximum absolute atomic E-state index is 11.1. The fraction of sp³-hybridized carbons (Fsp3) is 0.500. The summed E-state index contributed by atoms with van der Waals surface area (Å²) in [6.45, 7) is 4.21. The van der Waals surface area contributed by atoms with E-state index in [2.05, 4.69) is 10.2 Å². The molecule has 0 bridgehead atoms. The predicted octanol–water partition coefficient (Wildman–Crippen LogP) is 2.94. The highest BCUT2D eigenvalue weighted by atomic mass is 35.5. The number of benzene rings is 1. The number of nitrogens with one attached hydrogen (secondary N) is 1. The minimum atomic E-state index is -0.932. The molecule has 0 atom stereocenters. The number of carboxylic acid groups (broad SMARTS) is 1. The first-order valence-corrected chi connectivity index (χ1v) is 7.03. The molecule has 0 aliphatic carbocycles. The van der Waals surface area contributed by atoms with E-state index in [1.54, 1.807) is 12.1 Å². The quantitative estimate of drug-likeness (QED) is 0.788. The molecule has 1 aliphatic heterocycles. The minimum Gasteiger partial charge on any atom is -0.478 e. The first kappa shape index (κ1) is 14.2. The van der Waals surface area contributed by atoms with Gasteiger partial charge in [-0.05, 0) is 57.1 Å². The molecule has 0 aromatic heterocycles. The number of anilines is 1. The zero-order valence-electron chi connectivity index (χ0n) is 10.9. The zero-order valence-corrected chi connectivity index (χ0v) is 11.6. The molecule has 2 N–H and O–H groups in total. The average Bonchev–Trinajstić information content (AvgIpc) is 2.87. The molecule has 5 heteroatoms. The fourth-order valence-corrected chi connectivity index (χ4v) is 2.55. The number of hydrogen-bond acceptors (Lipinski definition) is 3. The van der Waals surface area contributed by atoms with Crippen LogP contribution in [-0.2, 0) is 0 Å². The lowest BCUT2D eigenvalue weighted by Crippen LogP contribution is -2.22. The van der Waals surface area contributed by atoms with Gasteiger partial charge in [0.05, 0.1) is 11.3 Å². The predicted molar refractivity (Wildman–Crippen MR) is 77.2 cm³/mol. The monoisotopic (exact) mass is 282 g/mol. The van der Waals surface area contributed by atoms with Crippen molar-refractivity contribution in [3.63, 3.8) is 0 Å². The number of aromatic carboxylic acids is 1. The summed E-state index contributed by atoms with van der Waals surface area (Å²) in [7, 11) is 0. The van der Waals surface area contributed by atoms with Crippen molar-refractivity contribution in [2.45, 2.75) is 19.3 Å². The van der Waals surface area contributed by atoms with Crippen LogP contribution in [0.25, 0.3) is 0 Å². The minimum absolute atomic E-state index is 0.269. The molecule has 1 aromatic rings. The Kier molecular flexibility index (Phi) is 5.05. The zero-order chi connectivity index (χ0) is 13.7. The van der Waals surface area contributed by atoms with Gasteiger partial charge in [0.15, 0.2) is 0 Å². The van der Waals surface area contributed by atoms with E-state index in [1.165, 1.54) is 32.0 Å². The van der Waals surface area contributed by atoms with Crippen LogP contribution in [0.1, 0.15) is 29.6 Å². The number of halogens is 1. The van der Waals surface area contributed by atoms with Crippen molar-refractivity contribution < 1.29 is 9.90 Å². The van der Waals surface area contributed by atoms with Crippen LogP contribution >= 0.6 is 11.6 Å². The van der Waals surface area contributed by atoms with E-state index in [9.17, 15) is 4.79 Å². The lowest BCUT2D eigenvalue weighted by Gasteiger charge is -2.15. The van der Waals surface area contributed by atoms with Crippen molar-refractivity contribution in [2.24, 2.45) is 0 Å². The fourth-order valence-electron chi connectivity index (χ4n) is 2.38. The highest BCUT2D eigenvalue weighted by Crippen LogP contribution is 2.21. The Balaban J connectivity index is 1.84. The highest BCUT2D eigenvalue weighted by molar-refractivity contribution is 6.31. The van der Waals surface area contributed by atoms with Crippen LogP contribution in [-0.4, -0.2) is 42.2 Å². The molecule has 0 amide bonds. The van der Waals surface area contributed by atoms with Crippen molar-refractivity contribution in [1.29, 1.82) is 0 Å². The maximum Gasteiger partial charge on any atom is 0.337 e. The molecule has 4 nitrogen and oxygen atoms in total. The highest BCUT2D eigenvalue weighted by Gasteiger charge is 2.12. The lowest BCUT2D eigenvalue weighted by atomic mass is 10.2. The summed E-state index contributed by atoms with van der Waals surface area (Å²) < 4.78 is 0. The van der Waals surface area contributed by atoms with Crippen molar-refractivity contribution in [3.05, 3.63) is 28.8 Å². The molecule has 1 saturated heterocycles. The second-order valence-electron chi connectivity index (χ2n) is 4.82. The first-order chi connectivity index (χ1) is 9.16. The average molecular weight is 283 g/mol. The van der Waals surface area contributed by atoms with Gasteiger partial charge in [-0.15, -0.1) is 0 Å². The summed E-state index contributed by atoms with van der Waals surface area (Å²) in [5, 5.41) is 12.8. The van der Waals surface area contributed by atoms with Crippen LogP contribution in [0.5, 0.6) is 0 Å². The van der Waals surface area contributed by atoms with E-state index >= 15 is 0 Å². The molecule has 19 heavy (non-hydrogen) atoms. The molecule has 0 unspecified atom stereocenters. The van der Waals surface area contributed by atoms with Gasteiger partial charge < -0.3 is 15.3 Å². The van der Waals surface area contributed by atoms with Gasteiger partial charge >= 0.3 is 5.97 Å². The third-order valence-electron chi connectivity index (χ3n) is 3.38.